The number of halogens is 1. The van der Waals surface area contributed by atoms with Gasteiger partial charge in [-0.3, -0.25) is 4.79 Å². The lowest BCUT2D eigenvalue weighted by atomic mass is 10.2. The molecule has 0 bridgehead atoms. The minimum absolute atomic E-state index is 0.0438. The Hall–Kier alpha value is -1.81. The van der Waals surface area contributed by atoms with Gasteiger partial charge in [0, 0.05) is 6.07 Å². The van der Waals surface area contributed by atoms with E-state index in [-0.39, 0.29) is 4.21 Å². The van der Waals surface area contributed by atoms with Crippen molar-refractivity contribution in [3.05, 3.63) is 34.7 Å². The third-order valence-electron chi connectivity index (χ3n) is 2.92. The largest absolute Gasteiger partial charge is 0.497 e. The van der Waals surface area contributed by atoms with Gasteiger partial charge in [0.1, 0.15) is 15.7 Å². The molecule has 0 aliphatic carbocycles. The van der Waals surface area contributed by atoms with Crippen molar-refractivity contribution in [2.75, 3.05) is 26.1 Å². The van der Waals surface area contributed by atoms with Crippen molar-refractivity contribution < 1.29 is 22.7 Å². The molecule has 0 saturated carbocycles. The normalized spacial score (nSPS) is 11.1. The number of ether oxygens (including phenoxy) is 2. The fourth-order valence-electron chi connectivity index (χ4n) is 1.77. The predicted molar refractivity (Wildman–Crippen MR) is 92.7 cm³/mol. The molecule has 2 N–H and O–H groups in total. The Balaban J connectivity index is 2.01. The van der Waals surface area contributed by atoms with Crippen molar-refractivity contribution >= 4 is 44.6 Å². The predicted octanol–water partition coefficient (Wildman–Crippen LogP) is 2.34. The monoisotopic (exact) mass is 390 g/mol. The molecule has 2 aromatic rings. The van der Waals surface area contributed by atoms with Crippen LogP contribution in [0.3, 0.4) is 0 Å². The number of hydrogen-bond donors (Lipinski definition) is 2. The van der Waals surface area contributed by atoms with Crippen molar-refractivity contribution in [1.82, 2.24) is 4.72 Å². The zero-order valence-electron chi connectivity index (χ0n) is 12.8. The van der Waals surface area contributed by atoms with E-state index in [1.54, 1.807) is 18.2 Å². The van der Waals surface area contributed by atoms with Gasteiger partial charge in [-0.2, -0.15) is 0 Å². The molecule has 0 radical (unpaired) electrons. The molecule has 0 atom stereocenters. The topological polar surface area (TPSA) is 93.7 Å². The first kappa shape index (κ1) is 18.5. The van der Waals surface area contributed by atoms with Gasteiger partial charge < -0.3 is 14.8 Å². The Morgan fingerprint density at radius 3 is 2.54 bits per heavy atom. The molecule has 7 nitrogen and oxygen atoms in total. The summed E-state index contributed by atoms with van der Waals surface area (Å²) in [5.74, 6) is 0.431. The van der Waals surface area contributed by atoms with E-state index in [0.29, 0.717) is 21.5 Å². The van der Waals surface area contributed by atoms with Crippen molar-refractivity contribution in [3.63, 3.8) is 0 Å². The summed E-state index contributed by atoms with van der Waals surface area (Å²) in [5.41, 5.74) is 0.404. The lowest BCUT2D eigenvalue weighted by Crippen LogP contribution is -2.32. The maximum absolute atomic E-state index is 12.0. The Bertz CT molecular complexity index is 835. The number of anilines is 1. The minimum Gasteiger partial charge on any atom is -0.497 e. The second-order valence-electron chi connectivity index (χ2n) is 4.50. The van der Waals surface area contributed by atoms with E-state index in [1.807, 2.05) is 0 Å². The molecule has 0 fully saturated rings. The summed E-state index contributed by atoms with van der Waals surface area (Å²) in [6, 6.07) is 7.70. The Morgan fingerprint density at radius 1 is 1.21 bits per heavy atom. The molecule has 0 aliphatic rings. The quantitative estimate of drug-likeness (QED) is 0.756. The zero-order valence-corrected chi connectivity index (χ0v) is 15.2. The van der Waals surface area contributed by atoms with E-state index in [2.05, 4.69) is 10.0 Å². The van der Waals surface area contributed by atoms with Crippen LogP contribution in [0.25, 0.3) is 0 Å². The fraction of sp³-hybridized carbons (Fsp3) is 0.214. The van der Waals surface area contributed by atoms with Crippen molar-refractivity contribution in [2.45, 2.75) is 4.21 Å². The minimum atomic E-state index is -3.78. The molecule has 1 aromatic carbocycles. The van der Waals surface area contributed by atoms with Crippen molar-refractivity contribution in [1.29, 1.82) is 0 Å². The van der Waals surface area contributed by atoms with Crippen molar-refractivity contribution in [3.8, 4) is 11.5 Å². The summed E-state index contributed by atoms with van der Waals surface area (Å²) in [7, 11) is -0.817. The van der Waals surface area contributed by atoms with Gasteiger partial charge >= 0.3 is 0 Å². The van der Waals surface area contributed by atoms with Crippen LogP contribution >= 0.6 is 22.9 Å². The molecule has 1 amide bonds. The molecule has 24 heavy (non-hydrogen) atoms. The number of sulfonamides is 1. The number of thiophene rings is 1. The van der Waals surface area contributed by atoms with Crippen LogP contribution in [0.2, 0.25) is 4.34 Å². The first-order valence-electron chi connectivity index (χ1n) is 6.62. The highest BCUT2D eigenvalue weighted by molar-refractivity contribution is 7.91. The van der Waals surface area contributed by atoms with E-state index in [4.69, 9.17) is 21.1 Å². The molecule has 0 saturated heterocycles. The lowest BCUT2D eigenvalue weighted by molar-refractivity contribution is -0.115. The average Bonchev–Trinajstić information content (AvgIpc) is 3.01. The average molecular weight is 391 g/mol. The SMILES string of the molecule is COc1ccc(NC(=O)CNS(=O)(=O)c2ccc(Cl)s2)c(OC)c1. The molecule has 0 unspecified atom stereocenters. The molecule has 130 valence electrons. The second kappa shape index (κ2) is 7.84. The van der Waals surface area contributed by atoms with Gasteiger partial charge in [-0.25, -0.2) is 13.1 Å². The smallest absolute Gasteiger partial charge is 0.250 e. The Labute approximate surface area is 148 Å². The van der Waals surface area contributed by atoms with E-state index in [1.165, 1.54) is 26.4 Å². The van der Waals surface area contributed by atoms with Gasteiger partial charge in [0.2, 0.25) is 5.91 Å². The number of rotatable bonds is 7. The van der Waals surface area contributed by atoms with Crippen LogP contribution in [0.1, 0.15) is 0 Å². The Kier molecular flexibility index (Phi) is 6.05. The van der Waals surface area contributed by atoms with Gasteiger partial charge in [0.15, 0.2) is 0 Å². The molecule has 10 heteroatoms. The number of carbonyl (C=O) groups is 1. The highest BCUT2D eigenvalue weighted by Crippen LogP contribution is 2.29. The van der Waals surface area contributed by atoms with E-state index < -0.39 is 22.5 Å². The zero-order chi connectivity index (χ0) is 17.7. The molecule has 1 aromatic heterocycles. The second-order valence-corrected chi connectivity index (χ2v) is 8.21. The summed E-state index contributed by atoms with van der Waals surface area (Å²) >= 11 is 6.63. The van der Waals surface area contributed by atoms with Gasteiger partial charge in [0.25, 0.3) is 10.0 Å². The van der Waals surface area contributed by atoms with Crippen LogP contribution < -0.4 is 19.5 Å². The van der Waals surface area contributed by atoms with Crippen LogP contribution in [0, 0.1) is 0 Å². The Morgan fingerprint density at radius 2 is 1.96 bits per heavy atom. The number of amides is 1. The van der Waals surface area contributed by atoms with E-state index in [9.17, 15) is 13.2 Å². The van der Waals surface area contributed by atoms with Gasteiger partial charge in [-0.1, -0.05) is 11.6 Å². The summed E-state index contributed by atoms with van der Waals surface area (Å²) < 4.78 is 36.9. The van der Waals surface area contributed by atoms with Crippen LogP contribution in [-0.4, -0.2) is 35.1 Å². The maximum Gasteiger partial charge on any atom is 0.250 e. The standard InChI is InChI=1S/C14H15ClN2O5S2/c1-21-9-3-4-10(11(7-9)22-2)17-13(18)8-16-24(19,20)14-6-5-12(15)23-14/h3-7,16H,8H2,1-2H3,(H,17,18). The molecule has 0 aliphatic heterocycles. The van der Waals surface area contributed by atoms with Gasteiger partial charge in [-0.15, -0.1) is 11.3 Å². The molecule has 0 spiro atoms. The number of nitrogens with one attached hydrogen (secondary N) is 2. The van der Waals surface area contributed by atoms with Crippen LogP contribution in [0.4, 0.5) is 5.69 Å². The third kappa shape index (κ3) is 4.60. The van der Waals surface area contributed by atoms with Gasteiger partial charge in [-0.05, 0) is 24.3 Å². The number of benzene rings is 1. The number of hydrogen-bond acceptors (Lipinski definition) is 6. The number of carbonyl (C=O) groups excluding carboxylic acids is 1. The van der Waals surface area contributed by atoms with Crippen LogP contribution in [-0.2, 0) is 14.8 Å². The fourth-order valence-corrected chi connectivity index (χ4v) is 4.28. The summed E-state index contributed by atoms with van der Waals surface area (Å²) in [6.07, 6.45) is 0. The molecular formula is C14H15ClN2O5S2. The van der Waals surface area contributed by atoms with Crippen molar-refractivity contribution in [2.24, 2.45) is 0 Å². The maximum atomic E-state index is 12.0. The highest BCUT2D eigenvalue weighted by Gasteiger charge is 2.18. The van der Waals surface area contributed by atoms with Crippen LogP contribution in [0.5, 0.6) is 11.5 Å². The first-order valence-corrected chi connectivity index (χ1v) is 9.30. The third-order valence-corrected chi connectivity index (χ3v) is 6.04. The summed E-state index contributed by atoms with van der Waals surface area (Å²) in [5, 5.41) is 2.57. The molecule has 2 rings (SSSR count). The van der Waals surface area contributed by atoms with E-state index >= 15 is 0 Å². The summed E-state index contributed by atoms with van der Waals surface area (Å²) in [6.45, 7) is -0.424. The van der Waals surface area contributed by atoms with Crippen LogP contribution in [0.15, 0.2) is 34.5 Å². The van der Waals surface area contributed by atoms with E-state index in [0.717, 1.165) is 11.3 Å². The summed E-state index contributed by atoms with van der Waals surface area (Å²) in [4.78, 5) is 12.0. The highest BCUT2D eigenvalue weighted by atomic mass is 35.5. The van der Waals surface area contributed by atoms with Gasteiger partial charge in [0.05, 0.1) is 30.8 Å². The number of methoxy groups -OCH3 is 2. The molecular weight excluding hydrogens is 376 g/mol. The first-order chi connectivity index (χ1) is 11.4. The molecule has 1 heterocycles. The lowest BCUT2D eigenvalue weighted by Gasteiger charge is -2.12.